The maximum Gasteiger partial charge on any atom is 0.226 e. The number of carbonyl (C=O) groups is 1. The van der Waals surface area contributed by atoms with Gasteiger partial charge in [0.1, 0.15) is 17.8 Å². The summed E-state index contributed by atoms with van der Waals surface area (Å²) in [6.07, 6.45) is 8.58. The molecule has 0 saturated heterocycles. The number of hydrogen-bond donors (Lipinski definition) is 1. The minimum atomic E-state index is 0.0558. The number of nitrogens with one attached hydrogen (secondary N) is 1. The average molecular weight is 301 g/mol. The van der Waals surface area contributed by atoms with Crippen LogP contribution in [0, 0.1) is 5.92 Å². The van der Waals surface area contributed by atoms with Crippen LogP contribution in [0.4, 0.5) is 0 Å². The van der Waals surface area contributed by atoms with Gasteiger partial charge in [0.25, 0.3) is 0 Å². The Kier molecular flexibility index (Phi) is 5.31. The van der Waals surface area contributed by atoms with Gasteiger partial charge in [0.15, 0.2) is 0 Å². The topological polar surface area (TPSA) is 67.9 Å². The fraction of sp³-hybridized carbons (Fsp3) is 0.471. The zero-order chi connectivity index (χ0) is 16.1. The van der Waals surface area contributed by atoms with E-state index in [1.165, 1.54) is 6.33 Å². The van der Waals surface area contributed by atoms with Gasteiger partial charge in [0, 0.05) is 24.1 Å². The standard InChI is InChI=1S/C17H23N3O2/c1-5-12(4)22-17-15-13(7-6-8-14(21)11(2)3)9-18-16(15)19-10-20-17/h6-7,9-12H,5,8H2,1-4H3,(H,18,19,20)/b7-6+. The highest BCUT2D eigenvalue weighted by molar-refractivity contribution is 5.91. The number of aromatic amines is 1. The molecule has 0 amide bonds. The summed E-state index contributed by atoms with van der Waals surface area (Å²) in [5, 5.41) is 0.857. The molecular weight excluding hydrogens is 278 g/mol. The molecule has 5 heteroatoms. The zero-order valence-electron chi connectivity index (χ0n) is 13.6. The van der Waals surface area contributed by atoms with E-state index in [-0.39, 0.29) is 17.8 Å². The fourth-order valence-electron chi connectivity index (χ4n) is 1.99. The molecule has 0 spiro atoms. The zero-order valence-corrected chi connectivity index (χ0v) is 13.6. The lowest BCUT2D eigenvalue weighted by atomic mass is 10.1. The molecule has 2 aromatic rings. The summed E-state index contributed by atoms with van der Waals surface area (Å²) >= 11 is 0. The van der Waals surface area contributed by atoms with Gasteiger partial charge in [-0.15, -0.1) is 0 Å². The average Bonchev–Trinajstić information content (AvgIpc) is 2.91. The van der Waals surface area contributed by atoms with Crippen LogP contribution in [0.15, 0.2) is 18.6 Å². The highest BCUT2D eigenvalue weighted by Crippen LogP contribution is 2.27. The highest BCUT2D eigenvalue weighted by Gasteiger charge is 2.13. The maximum absolute atomic E-state index is 11.7. The van der Waals surface area contributed by atoms with Crippen LogP contribution in [0.1, 0.15) is 46.1 Å². The summed E-state index contributed by atoms with van der Waals surface area (Å²) in [5.74, 6) is 0.860. The second kappa shape index (κ2) is 7.20. The molecule has 0 radical (unpaired) electrons. The Morgan fingerprint density at radius 1 is 1.36 bits per heavy atom. The number of H-pyrrole nitrogens is 1. The molecule has 118 valence electrons. The number of hydrogen-bond acceptors (Lipinski definition) is 4. The molecule has 0 aliphatic heterocycles. The fourth-order valence-corrected chi connectivity index (χ4v) is 1.99. The van der Waals surface area contributed by atoms with Crippen LogP contribution in [0.2, 0.25) is 0 Å². The van der Waals surface area contributed by atoms with Crippen LogP contribution in [0.25, 0.3) is 17.1 Å². The number of rotatable bonds is 7. The third kappa shape index (κ3) is 3.72. The molecule has 5 nitrogen and oxygen atoms in total. The van der Waals surface area contributed by atoms with Gasteiger partial charge in [0.05, 0.1) is 11.5 Å². The molecule has 0 aromatic carbocycles. The van der Waals surface area contributed by atoms with Crippen molar-refractivity contribution in [1.82, 2.24) is 15.0 Å². The second-order valence-corrected chi connectivity index (χ2v) is 5.71. The van der Waals surface area contributed by atoms with Gasteiger partial charge in [0.2, 0.25) is 5.88 Å². The van der Waals surface area contributed by atoms with Crippen molar-refractivity contribution in [3.8, 4) is 5.88 Å². The number of aromatic nitrogens is 3. The van der Waals surface area contributed by atoms with Crippen molar-refractivity contribution in [3.63, 3.8) is 0 Å². The summed E-state index contributed by atoms with van der Waals surface area (Å²) in [6, 6.07) is 0. The molecular formula is C17H23N3O2. The Balaban J connectivity index is 2.27. The molecule has 0 bridgehead atoms. The molecule has 0 saturated carbocycles. The van der Waals surface area contributed by atoms with Crippen molar-refractivity contribution >= 4 is 22.9 Å². The monoisotopic (exact) mass is 301 g/mol. The number of ether oxygens (including phenoxy) is 1. The molecule has 1 unspecified atom stereocenters. The van der Waals surface area contributed by atoms with E-state index in [1.807, 2.05) is 39.1 Å². The molecule has 2 aromatic heterocycles. The third-order valence-electron chi connectivity index (χ3n) is 3.61. The minimum Gasteiger partial charge on any atom is -0.474 e. The number of ketones is 1. The Morgan fingerprint density at radius 2 is 2.14 bits per heavy atom. The van der Waals surface area contributed by atoms with Crippen LogP contribution >= 0.6 is 0 Å². The number of Topliss-reactive ketones (excluding diaryl/α,β-unsaturated/α-hetero) is 1. The molecule has 1 atom stereocenters. The molecule has 2 rings (SSSR count). The van der Waals surface area contributed by atoms with Gasteiger partial charge in [-0.05, 0) is 13.3 Å². The first-order chi connectivity index (χ1) is 10.5. The van der Waals surface area contributed by atoms with Crippen LogP contribution in [0.5, 0.6) is 5.88 Å². The second-order valence-electron chi connectivity index (χ2n) is 5.71. The van der Waals surface area contributed by atoms with Crippen molar-refractivity contribution in [2.24, 2.45) is 5.92 Å². The number of allylic oxidation sites excluding steroid dienone is 1. The van der Waals surface area contributed by atoms with Gasteiger partial charge in [-0.1, -0.05) is 32.9 Å². The summed E-state index contributed by atoms with van der Waals surface area (Å²) in [4.78, 5) is 23.3. The van der Waals surface area contributed by atoms with Crippen molar-refractivity contribution in [2.45, 2.75) is 46.6 Å². The minimum absolute atomic E-state index is 0.0558. The number of carbonyl (C=O) groups excluding carboxylic acids is 1. The van der Waals surface area contributed by atoms with Crippen molar-refractivity contribution in [1.29, 1.82) is 0 Å². The first-order valence-corrected chi connectivity index (χ1v) is 7.70. The smallest absolute Gasteiger partial charge is 0.226 e. The SMILES string of the molecule is CCC(C)Oc1ncnc2[nH]cc(/C=C/CC(=O)C(C)C)c12. The molecule has 0 fully saturated rings. The first kappa shape index (κ1) is 16.2. The normalized spacial score (nSPS) is 13.1. The van der Waals surface area contributed by atoms with E-state index in [1.54, 1.807) is 0 Å². The van der Waals surface area contributed by atoms with Crippen LogP contribution in [-0.2, 0) is 4.79 Å². The van der Waals surface area contributed by atoms with Crippen LogP contribution in [-0.4, -0.2) is 26.8 Å². The molecule has 1 N–H and O–H groups in total. The lowest BCUT2D eigenvalue weighted by Gasteiger charge is -2.12. The predicted octanol–water partition coefficient (Wildman–Crippen LogP) is 3.76. The Bertz CT molecular complexity index is 674. The largest absolute Gasteiger partial charge is 0.474 e. The molecule has 2 heterocycles. The summed E-state index contributed by atoms with van der Waals surface area (Å²) in [5.41, 5.74) is 1.67. The van der Waals surface area contributed by atoms with E-state index >= 15 is 0 Å². The summed E-state index contributed by atoms with van der Waals surface area (Å²) in [7, 11) is 0. The van der Waals surface area contributed by atoms with Crippen LogP contribution in [0.3, 0.4) is 0 Å². The Hall–Kier alpha value is -2.17. The number of fused-ring (bicyclic) bond motifs is 1. The maximum atomic E-state index is 11.7. The van der Waals surface area contributed by atoms with Crippen molar-refractivity contribution in [3.05, 3.63) is 24.2 Å². The molecule has 22 heavy (non-hydrogen) atoms. The van der Waals surface area contributed by atoms with E-state index in [0.717, 1.165) is 23.0 Å². The highest BCUT2D eigenvalue weighted by atomic mass is 16.5. The van der Waals surface area contributed by atoms with E-state index < -0.39 is 0 Å². The van der Waals surface area contributed by atoms with Gasteiger partial charge in [-0.3, -0.25) is 4.79 Å². The van der Waals surface area contributed by atoms with Gasteiger partial charge in [-0.25, -0.2) is 9.97 Å². The number of nitrogens with zero attached hydrogens (tertiary/aromatic N) is 2. The summed E-state index contributed by atoms with van der Waals surface area (Å²) in [6.45, 7) is 7.90. The van der Waals surface area contributed by atoms with Gasteiger partial charge in [-0.2, -0.15) is 0 Å². The van der Waals surface area contributed by atoms with Crippen molar-refractivity contribution in [2.75, 3.05) is 0 Å². The van der Waals surface area contributed by atoms with Gasteiger partial charge < -0.3 is 9.72 Å². The molecule has 0 aliphatic rings. The van der Waals surface area contributed by atoms with Crippen LogP contribution < -0.4 is 4.74 Å². The quantitative estimate of drug-likeness (QED) is 0.845. The lowest BCUT2D eigenvalue weighted by Crippen LogP contribution is -2.11. The Morgan fingerprint density at radius 3 is 2.82 bits per heavy atom. The molecule has 0 aliphatic carbocycles. The Labute approximate surface area is 130 Å². The van der Waals surface area contributed by atoms with E-state index in [0.29, 0.717) is 12.3 Å². The van der Waals surface area contributed by atoms with Gasteiger partial charge >= 0.3 is 0 Å². The van der Waals surface area contributed by atoms with E-state index in [9.17, 15) is 4.79 Å². The van der Waals surface area contributed by atoms with E-state index in [2.05, 4.69) is 21.9 Å². The summed E-state index contributed by atoms with van der Waals surface area (Å²) < 4.78 is 5.87. The lowest BCUT2D eigenvalue weighted by molar-refractivity contribution is -0.121. The van der Waals surface area contributed by atoms with Crippen molar-refractivity contribution < 1.29 is 9.53 Å². The predicted molar refractivity (Wildman–Crippen MR) is 87.8 cm³/mol. The third-order valence-corrected chi connectivity index (χ3v) is 3.61. The van der Waals surface area contributed by atoms with E-state index in [4.69, 9.17) is 4.74 Å². The first-order valence-electron chi connectivity index (χ1n) is 7.70.